The van der Waals surface area contributed by atoms with Gasteiger partial charge in [0.2, 0.25) is 10.0 Å². The Balaban J connectivity index is 1.33. The minimum Gasteiger partial charge on any atom is -0.487 e. The summed E-state index contributed by atoms with van der Waals surface area (Å²) in [6.45, 7) is 8.88. The molecule has 1 saturated carbocycles. The lowest BCUT2D eigenvalue weighted by molar-refractivity contribution is -0.120. The third kappa shape index (κ3) is 9.29. The van der Waals surface area contributed by atoms with Gasteiger partial charge in [0.25, 0.3) is 5.91 Å². The standard InChI is InChI=1S/C39H54ClN3O7S/c1-3-34-9-4-6-16-39(47-2,28-49-23-20-42-18-21-48-22-19-42)35-14-11-31(35)26-43-17-7-5-8-29-24-33(40)13-10-32(29)27-50-37-15-12-30(25-36(37)43)38(44)41-51(34,45)46/h6,10,12-13,15-16,24-25,31,34-35H,3-5,7-9,11,14,17-23,26-28H2,1-2H3,(H,41,44)/b16-6+/t31-,34+,35+,39-/m0/s1. The molecule has 6 rings (SSSR count). The molecule has 4 aliphatic rings. The molecule has 3 heterocycles. The van der Waals surface area contributed by atoms with Crippen molar-refractivity contribution in [3.63, 3.8) is 0 Å². The summed E-state index contributed by atoms with van der Waals surface area (Å²) in [5.41, 5.74) is 2.69. The molecule has 0 spiro atoms. The molecule has 0 aromatic heterocycles. The van der Waals surface area contributed by atoms with E-state index in [1.807, 2.05) is 25.1 Å². The van der Waals surface area contributed by atoms with E-state index in [0.717, 1.165) is 89.3 Å². The summed E-state index contributed by atoms with van der Waals surface area (Å²) in [5.74, 6) is 0.536. The fraction of sp³-hybridized carbons (Fsp3) is 0.615. The van der Waals surface area contributed by atoms with Crippen molar-refractivity contribution in [2.45, 2.75) is 75.7 Å². The first-order valence-electron chi connectivity index (χ1n) is 18.7. The zero-order valence-corrected chi connectivity index (χ0v) is 31.7. The number of carbonyl (C=O) groups is 1. The Morgan fingerprint density at radius 3 is 2.65 bits per heavy atom. The topological polar surface area (TPSA) is 107 Å². The van der Waals surface area contributed by atoms with Crippen molar-refractivity contribution in [3.05, 3.63) is 70.3 Å². The van der Waals surface area contributed by atoms with Gasteiger partial charge in [-0.1, -0.05) is 36.7 Å². The average molecular weight is 744 g/mol. The van der Waals surface area contributed by atoms with E-state index in [2.05, 4.69) is 26.7 Å². The molecule has 2 aromatic carbocycles. The number of rotatable bonds is 7. The van der Waals surface area contributed by atoms with Crippen molar-refractivity contribution in [3.8, 4) is 5.75 Å². The van der Waals surface area contributed by atoms with E-state index >= 15 is 0 Å². The number of benzene rings is 2. The monoisotopic (exact) mass is 743 g/mol. The second-order valence-corrected chi connectivity index (χ2v) is 16.8. The van der Waals surface area contributed by atoms with Crippen molar-refractivity contribution in [2.24, 2.45) is 11.8 Å². The highest BCUT2D eigenvalue weighted by Gasteiger charge is 2.47. The third-order valence-corrected chi connectivity index (χ3v) is 13.4. The summed E-state index contributed by atoms with van der Waals surface area (Å²) in [6.07, 6.45) is 10.3. The summed E-state index contributed by atoms with van der Waals surface area (Å²) >= 11 is 6.39. The molecule has 10 nitrogen and oxygen atoms in total. The number of morpholine rings is 1. The van der Waals surface area contributed by atoms with E-state index in [1.165, 1.54) is 5.56 Å². The van der Waals surface area contributed by atoms with Crippen LogP contribution in [0.15, 0.2) is 48.6 Å². The van der Waals surface area contributed by atoms with Crippen LogP contribution in [-0.4, -0.2) is 96.3 Å². The quantitative estimate of drug-likeness (QED) is 0.270. The van der Waals surface area contributed by atoms with Gasteiger partial charge in [-0.25, -0.2) is 13.1 Å². The maximum absolute atomic E-state index is 13.6. The van der Waals surface area contributed by atoms with Crippen LogP contribution in [0.4, 0.5) is 5.69 Å². The van der Waals surface area contributed by atoms with Crippen LogP contribution in [-0.2, 0) is 37.3 Å². The van der Waals surface area contributed by atoms with E-state index in [9.17, 15) is 13.2 Å². The van der Waals surface area contributed by atoms with Crippen LogP contribution >= 0.6 is 11.6 Å². The Morgan fingerprint density at radius 1 is 1.04 bits per heavy atom. The largest absolute Gasteiger partial charge is 0.487 e. The lowest BCUT2D eigenvalue weighted by Crippen LogP contribution is -2.53. The van der Waals surface area contributed by atoms with Crippen LogP contribution < -0.4 is 14.4 Å². The van der Waals surface area contributed by atoms with Crippen molar-refractivity contribution >= 4 is 33.2 Å². The summed E-state index contributed by atoms with van der Waals surface area (Å²) in [6, 6.07) is 11.2. The summed E-state index contributed by atoms with van der Waals surface area (Å²) in [7, 11) is -2.16. The van der Waals surface area contributed by atoms with Gasteiger partial charge in [0, 0.05) is 50.4 Å². The zero-order chi connectivity index (χ0) is 35.8. The number of hydrogen-bond acceptors (Lipinski definition) is 9. The van der Waals surface area contributed by atoms with E-state index in [4.69, 9.17) is 30.5 Å². The normalized spacial score (nSPS) is 28.2. The number of hydrogen-bond donors (Lipinski definition) is 1. The van der Waals surface area contributed by atoms with Gasteiger partial charge in [-0.3, -0.25) is 9.69 Å². The second kappa shape index (κ2) is 17.4. The molecule has 2 bridgehead atoms. The highest BCUT2D eigenvalue weighted by Crippen LogP contribution is 2.46. The van der Waals surface area contributed by atoms with Gasteiger partial charge in [0.1, 0.15) is 18.0 Å². The lowest BCUT2D eigenvalue weighted by Gasteiger charge is -2.49. The molecule has 0 unspecified atom stereocenters. The van der Waals surface area contributed by atoms with Crippen molar-refractivity contribution < 1.29 is 32.2 Å². The number of sulfonamides is 1. The van der Waals surface area contributed by atoms with Crippen LogP contribution in [0.2, 0.25) is 5.02 Å². The fourth-order valence-electron chi connectivity index (χ4n) is 8.02. The first-order valence-corrected chi connectivity index (χ1v) is 20.6. The summed E-state index contributed by atoms with van der Waals surface area (Å²) in [5, 5.41) is -0.00627. The van der Waals surface area contributed by atoms with Crippen molar-refractivity contribution in [2.75, 3.05) is 71.2 Å². The molecule has 12 heteroatoms. The second-order valence-electron chi connectivity index (χ2n) is 14.4. The molecule has 2 fully saturated rings. The van der Waals surface area contributed by atoms with Gasteiger partial charge in [-0.05, 0) is 105 Å². The third-order valence-electron chi connectivity index (χ3n) is 11.3. The predicted molar refractivity (Wildman–Crippen MR) is 200 cm³/mol. The first-order chi connectivity index (χ1) is 24.7. The molecule has 2 aromatic rings. The number of methoxy groups -OCH3 is 1. The Kier molecular flexibility index (Phi) is 13.0. The van der Waals surface area contributed by atoms with Gasteiger partial charge in [-0.15, -0.1) is 0 Å². The Labute approximate surface area is 308 Å². The maximum Gasteiger partial charge on any atom is 0.264 e. The number of nitrogens with zero attached hydrogens (tertiary/aromatic N) is 2. The van der Waals surface area contributed by atoms with Crippen molar-refractivity contribution in [1.82, 2.24) is 9.62 Å². The SMILES string of the molecule is CC[C@@H]1CC/C=C/[C@@](COCCN2CCOCC2)(OC)[C@@H]2CC[C@H]2CN2CCCCc3cc(Cl)ccc3COc3ccc(cc32)C(=O)NS1(=O)=O. The summed E-state index contributed by atoms with van der Waals surface area (Å²) in [4.78, 5) is 18.3. The maximum atomic E-state index is 13.6. The van der Waals surface area contributed by atoms with Crippen molar-refractivity contribution in [1.29, 1.82) is 0 Å². The highest BCUT2D eigenvalue weighted by atomic mass is 35.5. The fourth-order valence-corrected chi connectivity index (χ4v) is 9.64. The van der Waals surface area contributed by atoms with Gasteiger partial charge >= 0.3 is 0 Å². The number of carbonyl (C=O) groups excluding carboxylic acids is 1. The summed E-state index contributed by atoms with van der Waals surface area (Å²) < 4.78 is 54.3. The van der Waals surface area contributed by atoms with Crippen LogP contribution in [0.3, 0.4) is 0 Å². The number of nitrogens with one attached hydrogen (secondary N) is 1. The van der Waals surface area contributed by atoms with Gasteiger partial charge in [0.05, 0.1) is 37.4 Å². The minimum atomic E-state index is -3.93. The number of fused-ring (bicyclic) bond motifs is 3. The van der Waals surface area contributed by atoms with Crippen LogP contribution in [0.5, 0.6) is 5.75 Å². The molecular weight excluding hydrogens is 690 g/mol. The lowest BCUT2D eigenvalue weighted by atomic mass is 9.64. The van der Waals surface area contributed by atoms with Crippen LogP contribution in [0, 0.1) is 11.8 Å². The molecule has 1 aliphatic carbocycles. The van der Waals surface area contributed by atoms with E-state index in [1.54, 1.807) is 25.3 Å². The van der Waals surface area contributed by atoms with E-state index in [0.29, 0.717) is 61.3 Å². The van der Waals surface area contributed by atoms with Gasteiger partial charge < -0.3 is 23.8 Å². The molecule has 1 amide bonds. The predicted octanol–water partition coefficient (Wildman–Crippen LogP) is 6.01. The molecule has 0 radical (unpaired) electrons. The van der Waals surface area contributed by atoms with Gasteiger partial charge in [-0.2, -0.15) is 0 Å². The highest BCUT2D eigenvalue weighted by molar-refractivity contribution is 7.90. The number of anilines is 1. The first kappa shape index (κ1) is 38.1. The zero-order valence-electron chi connectivity index (χ0n) is 30.1. The Morgan fingerprint density at radius 2 is 1.88 bits per heavy atom. The molecular formula is C39H54ClN3O7S. The molecule has 3 aliphatic heterocycles. The van der Waals surface area contributed by atoms with E-state index in [-0.39, 0.29) is 5.92 Å². The molecule has 51 heavy (non-hydrogen) atoms. The van der Waals surface area contributed by atoms with Crippen LogP contribution in [0.1, 0.15) is 73.4 Å². The molecule has 280 valence electrons. The minimum absolute atomic E-state index is 0.196. The molecule has 1 N–H and O–H groups in total. The van der Waals surface area contributed by atoms with Gasteiger partial charge in [0.15, 0.2) is 0 Å². The number of amides is 1. The number of halogens is 1. The number of ether oxygens (including phenoxy) is 4. The van der Waals surface area contributed by atoms with Crippen LogP contribution in [0.25, 0.3) is 0 Å². The smallest absolute Gasteiger partial charge is 0.264 e. The number of aryl methyl sites for hydroxylation is 1. The Bertz CT molecular complexity index is 1630. The Hall–Kier alpha value is -2.67. The molecule has 1 saturated heterocycles. The van der Waals surface area contributed by atoms with E-state index < -0.39 is 26.8 Å². The molecule has 4 atom stereocenters. The number of allylic oxidation sites excluding steroid dienone is 1. The average Bonchev–Trinajstić information content (AvgIpc) is 3.14.